The van der Waals surface area contributed by atoms with Crippen LogP contribution in [-0.4, -0.2) is 30.5 Å². The van der Waals surface area contributed by atoms with Gasteiger partial charge in [-0.15, -0.1) is 0 Å². The van der Waals surface area contributed by atoms with Gasteiger partial charge >= 0.3 is 0 Å². The second-order valence-electron chi connectivity index (χ2n) is 2.88. The fourth-order valence-corrected chi connectivity index (χ4v) is 1.62. The molecule has 0 aromatic carbocycles. The van der Waals surface area contributed by atoms with Crippen LogP contribution in [0.3, 0.4) is 0 Å². The monoisotopic (exact) mass is 258 g/mol. The molecular formula is C10H15BrN2O. The summed E-state index contributed by atoms with van der Waals surface area (Å²) in [7, 11) is 2.01. The lowest BCUT2D eigenvalue weighted by molar-refractivity contribution is 0.327. The Bertz CT molecular complexity index is 281. The highest BCUT2D eigenvalue weighted by atomic mass is 79.9. The largest absolute Gasteiger partial charge is 0.478 e. The van der Waals surface area contributed by atoms with Gasteiger partial charge < -0.3 is 9.64 Å². The van der Waals surface area contributed by atoms with Gasteiger partial charge in [-0.25, -0.2) is 0 Å². The van der Waals surface area contributed by atoms with E-state index in [2.05, 4.69) is 25.8 Å². The summed E-state index contributed by atoms with van der Waals surface area (Å²) in [5.41, 5.74) is 0. The molecule has 1 heterocycles. The van der Waals surface area contributed by atoms with Crippen LogP contribution in [0.4, 0.5) is 5.82 Å². The molecule has 1 aromatic rings. The van der Waals surface area contributed by atoms with Crippen molar-refractivity contribution < 1.29 is 4.74 Å². The lowest BCUT2D eigenvalue weighted by Gasteiger charge is -2.16. The van der Waals surface area contributed by atoms with Crippen molar-refractivity contribution in [2.45, 2.75) is 6.92 Å². The Hall–Kier alpha value is -0.770. The third-order valence-corrected chi connectivity index (χ3v) is 2.17. The summed E-state index contributed by atoms with van der Waals surface area (Å²) < 4.78 is 5.33. The first kappa shape index (κ1) is 11.3. The number of pyridine rings is 1. The third kappa shape index (κ3) is 3.18. The SMILES string of the molecule is CCOc1cccc(N(C)CCBr)n1. The first-order chi connectivity index (χ1) is 6.77. The highest BCUT2D eigenvalue weighted by Crippen LogP contribution is 2.14. The van der Waals surface area contributed by atoms with Crippen molar-refractivity contribution in [3.63, 3.8) is 0 Å². The zero-order chi connectivity index (χ0) is 10.4. The van der Waals surface area contributed by atoms with E-state index in [1.54, 1.807) is 0 Å². The van der Waals surface area contributed by atoms with Gasteiger partial charge in [0.15, 0.2) is 0 Å². The van der Waals surface area contributed by atoms with Crippen LogP contribution >= 0.6 is 15.9 Å². The summed E-state index contributed by atoms with van der Waals surface area (Å²) in [6.07, 6.45) is 0. The van der Waals surface area contributed by atoms with Crippen molar-refractivity contribution in [3.05, 3.63) is 18.2 Å². The van der Waals surface area contributed by atoms with E-state index in [1.165, 1.54) is 0 Å². The van der Waals surface area contributed by atoms with E-state index in [1.807, 2.05) is 32.2 Å². The number of rotatable bonds is 5. The number of anilines is 1. The van der Waals surface area contributed by atoms with E-state index >= 15 is 0 Å². The highest BCUT2D eigenvalue weighted by molar-refractivity contribution is 9.09. The molecule has 0 saturated heterocycles. The normalized spacial score (nSPS) is 9.93. The van der Waals surface area contributed by atoms with Crippen molar-refractivity contribution >= 4 is 21.7 Å². The zero-order valence-electron chi connectivity index (χ0n) is 8.53. The second kappa shape index (κ2) is 5.86. The minimum absolute atomic E-state index is 0.651. The fraction of sp³-hybridized carbons (Fsp3) is 0.500. The molecule has 0 amide bonds. The number of halogens is 1. The Balaban J connectivity index is 2.71. The van der Waals surface area contributed by atoms with E-state index in [0.717, 1.165) is 17.7 Å². The van der Waals surface area contributed by atoms with Crippen LogP contribution in [0, 0.1) is 0 Å². The quantitative estimate of drug-likeness (QED) is 0.759. The maximum atomic E-state index is 5.33. The van der Waals surface area contributed by atoms with Crippen LogP contribution in [0.25, 0.3) is 0 Å². The molecule has 1 aromatic heterocycles. The molecule has 0 atom stereocenters. The molecule has 0 aliphatic rings. The lowest BCUT2D eigenvalue weighted by Crippen LogP contribution is -2.20. The summed E-state index contributed by atoms with van der Waals surface area (Å²) in [5.74, 6) is 1.63. The van der Waals surface area contributed by atoms with E-state index in [-0.39, 0.29) is 0 Å². The number of alkyl halides is 1. The van der Waals surface area contributed by atoms with Gasteiger partial charge in [0.1, 0.15) is 5.82 Å². The van der Waals surface area contributed by atoms with E-state index in [9.17, 15) is 0 Å². The molecule has 0 unspecified atom stereocenters. The number of ether oxygens (including phenoxy) is 1. The molecule has 0 N–H and O–H groups in total. The summed E-state index contributed by atoms with van der Waals surface area (Å²) in [6.45, 7) is 3.54. The average molecular weight is 259 g/mol. The van der Waals surface area contributed by atoms with E-state index in [0.29, 0.717) is 12.5 Å². The van der Waals surface area contributed by atoms with E-state index in [4.69, 9.17) is 4.74 Å². The molecule has 0 bridgehead atoms. The van der Waals surface area contributed by atoms with Gasteiger partial charge in [0.2, 0.25) is 5.88 Å². The molecule has 0 fully saturated rings. The smallest absolute Gasteiger partial charge is 0.215 e. The molecule has 1 rings (SSSR count). The maximum Gasteiger partial charge on any atom is 0.215 e. The van der Waals surface area contributed by atoms with Crippen LogP contribution < -0.4 is 9.64 Å². The molecule has 0 aliphatic carbocycles. The number of nitrogens with zero attached hydrogens (tertiary/aromatic N) is 2. The van der Waals surface area contributed by atoms with Gasteiger partial charge in [-0.1, -0.05) is 22.0 Å². The number of hydrogen-bond acceptors (Lipinski definition) is 3. The average Bonchev–Trinajstić information content (AvgIpc) is 2.19. The first-order valence-corrected chi connectivity index (χ1v) is 5.77. The van der Waals surface area contributed by atoms with Gasteiger partial charge in [-0.05, 0) is 13.0 Å². The Morgan fingerprint density at radius 3 is 2.93 bits per heavy atom. The van der Waals surface area contributed by atoms with Gasteiger partial charge in [-0.2, -0.15) is 4.98 Å². The summed E-state index contributed by atoms with van der Waals surface area (Å²) in [4.78, 5) is 6.44. The van der Waals surface area contributed by atoms with Gasteiger partial charge in [-0.3, -0.25) is 0 Å². The highest BCUT2D eigenvalue weighted by Gasteiger charge is 2.02. The summed E-state index contributed by atoms with van der Waals surface area (Å²) in [5, 5.41) is 0.935. The van der Waals surface area contributed by atoms with Crippen LogP contribution in [0.5, 0.6) is 5.88 Å². The molecule has 14 heavy (non-hydrogen) atoms. The molecule has 0 aliphatic heterocycles. The third-order valence-electron chi connectivity index (χ3n) is 1.81. The second-order valence-corrected chi connectivity index (χ2v) is 3.67. The Morgan fingerprint density at radius 1 is 1.50 bits per heavy atom. The standard InChI is InChI=1S/C10H15BrN2O/c1-3-14-10-6-4-5-9(12-10)13(2)8-7-11/h4-6H,3,7-8H2,1-2H3. The topological polar surface area (TPSA) is 25.4 Å². The predicted molar refractivity (Wildman–Crippen MR) is 62.5 cm³/mol. The summed E-state index contributed by atoms with van der Waals surface area (Å²) >= 11 is 3.40. The Morgan fingerprint density at radius 2 is 2.29 bits per heavy atom. The predicted octanol–water partition coefficient (Wildman–Crippen LogP) is 2.31. The van der Waals surface area contributed by atoms with Crippen LogP contribution in [0.1, 0.15) is 6.92 Å². The maximum absolute atomic E-state index is 5.33. The Kier molecular flexibility index (Phi) is 4.73. The fourth-order valence-electron chi connectivity index (χ4n) is 1.09. The van der Waals surface area contributed by atoms with Gasteiger partial charge in [0, 0.05) is 25.0 Å². The van der Waals surface area contributed by atoms with Gasteiger partial charge in [0.05, 0.1) is 6.61 Å². The van der Waals surface area contributed by atoms with Gasteiger partial charge in [0.25, 0.3) is 0 Å². The molecular weight excluding hydrogens is 244 g/mol. The number of aromatic nitrogens is 1. The minimum atomic E-state index is 0.651. The molecule has 78 valence electrons. The van der Waals surface area contributed by atoms with Crippen molar-refractivity contribution in [1.82, 2.24) is 4.98 Å². The molecule has 0 spiro atoms. The van der Waals surface area contributed by atoms with Crippen molar-refractivity contribution in [2.75, 3.05) is 30.4 Å². The first-order valence-electron chi connectivity index (χ1n) is 4.65. The van der Waals surface area contributed by atoms with Crippen molar-refractivity contribution in [2.24, 2.45) is 0 Å². The van der Waals surface area contributed by atoms with E-state index < -0.39 is 0 Å². The van der Waals surface area contributed by atoms with Crippen molar-refractivity contribution in [1.29, 1.82) is 0 Å². The molecule has 0 saturated carbocycles. The Labute approximate surface area is 93.2 Å². The molecule has 4 heteroatoms. The minimum Gasteiger partial charge on any atom is -0.478 e. The number of hydrogen-bond donors (Lipinski definition) is 0. The van der Waals surface area contributed by atoms with Crippen LogP contribution in [-0.2, 0) is 0 Å². The zero-order valence-corrected chi connectivity index (χ0v) is 10.1. The van der Waals surface area contributed by atoms with Crippen molar-refractivity contribution in [3.8, 4) is 5.88 Å². The summed E-state index contributed by atoms with van der Waals surface area (Å²) in [6, 6.07) is 5.80. The molecule has 3 nitrogen and oxygen atoms in total. The lowest BCUT2D eigenvalue weighted by atomic mass is 10.4. The van der Waals surface area contributed by atoms with Crippen LogP contribution in [0.2, 0.25) is 0 Å². The van der Waals surface area contributed by atoms with Crippen LogP contribution in [0.15, 0.2) is 18.2 Å². The molecule has 0 radical (unpaired) electrons.